The van der Waals surface area contributed by atoms with E-state index in [1.54, 1.807) is 5.38 Å². The average Bonchev–Trinajstić information content (AvgIpc) is 2.70. The Hall–Kier alpha value is -0.740. The minimum absolute atomic E-state index is 0.0794. The number of aromatic nitrogens is 1. The van der Waals surface area contributed by atoms with Crippen molar-refractivity contribution in [1.82, 2.24) is 4.98 Å². The van der Waals surface area contributed by atoms with E-state index in [0.717, 1.165) is 6.42 Å². The number of rotatable bonds is 3. The number of aliphatic hydroxyl groups excluding tert-OH is 1. The van der Waals surface area contributed by atoms with Crippen LogP contribution in [0.1, 0.15) is 28.8 Å². The van der Waals surface area contributed by atoms with Gasteiger partial charge in [0.2, 0.25) is 0 Å². The van der Waals surface area contributed by atoms with E-state index >= 15 is 0 Å². The van der Waals surface area contributed by atoms with Crippen LogP contribution in [0.3, 0.4) is 0 Å². The molecule has 1 heterocycles. The SMILES string of the molecule is CC1CC1C(=O)c1nc(CO)cs1. The molecule has 1 N–H and O–H groups in total. The van der Waals surface area contributed by atoms with Gasteiger partial charge >= 0.3 is 0 Å². The lowest BCUT2D eigenvalue weighted by Crippen LogP contribution is -2.02. The highest BCUT2D eigenvalue weighted by atomic mass is 32.1. The van der Waals surface area contributed by atoms with Crippen molar-refractivity contribution in [2.75, 3.05) is 0 Å². The topological polar surface area (TPSA) is 50.2 Å². The van der Waals surface area contributed by atoms with Gasteiger partial charge in [-0.3, -0.25) is 4.79 Å². The van der Waals surface area contributed by atoms with Crippen molar-refractivity contribution in [2.45, 2.75) is 20.0 Å². The second-order valence-electron chi connectivity index (χ2n) is 3.49. The van der Waals surface area contributed by atoms with Gasteiger partial charge in [0.25, 0.3) is 0 Å². The number of hydrogen-bond acceptors (Lipinski definition) is 4. The minimum atomic E-state index is -0.0794. The van der Waals surface area contributed by atoms with Crippen LogP contribution in [0.4, 0.5) is 0 Å². The van der Waals surface area contributed by atoms with E-state index in [9.17, 15) is 4.79 Å². The van der Waals surface area contributed by atoms with E-state index in [2.05, 4.69) is 11.9 Å². The molecule has 1 aliphatic carbocycles. The highest BCUT2D eigenvalue weighted by molar-refractivity contribution is 7.11. The molecule has 0 amide bonds. The van der Waals surface area contributed by atoms with Gasteiger partial charge in [0.15, 0.2) is 10.8 Å². The van der Waals surface area contributed by atoms with Gasteiger partial charge in [-0.1, -0.05) is 6.92 Å². The fourth-order valence-corrected chi connectivity index (χ4v) is 2.15. The summed E-state index contributed by atoms with van der Waals surface area (Å²) in [6.45, 7) is 1.99. The molecule has 13 heavy (non-hydrogen) atoms. The Morgan fingerprint density at radius 2 is 2.54 bits per heavy atom. The number of aliphatic hydroxyl groups is 1. The molecule has 1 aliphatic rings. The fourth-order valence-electron chi connectivity index (χ4n) is 1.34. The van der Waals surface area contributed by atoms with Gasteiger partial charge in [-0.05, 0) is 12.3 Å². The molecular weight excluding hydrogens is 186 g/mol. The molecule has 0 radical (unpaired) electrons. The predicted molar refractivity (Wildman–Crippen MR) is 49.6 cm³/mol. The largest absolute Gasteiger partial charge is 0.390 e. The lowest BCUT2D eigenvalue weighted by atomic mass is 10.2. The molecule has 0 bridgehead atoms. The summed E-state index contributed by atoms with van der Waals surface area (Å²) in [5, 5.41) is 11.1. The number of hydrogen-bond donors (Lipinski definition) is 1. The first-order valence-electron chi connectivity index (χ1n) is 4.32. The van der Waals surface area contributed by atoms with E-state index in [0.29, 0.717) is 16.6 Å². The molecule has 0 aliphatic heterocycles. The Labute approximate surface area is 80.4 Å². The van der Waals surface area contributed by atoms with Crippen molar-refractivity contribution in [3.8, 4) is 0 Å². The molecule has 0 saturated heterocycles. The van der Waals surface area contributed by atoms with Gasteiger partial charge in [0, 0.05) is 11.3 Å². The van der Waals surface area contributed by atoms with Crippen molar-refractivity contribution in [3.05, 3.63) is 16.1 Å². The normalized spacial score (nSPS) is 26.0. The van der Waals surface area contributed by atoms with Gasteiger partial charge in [-0.2, -0.15) is 0 Å². The standard InChI is InChI=1S/C9H11NO2S/c1-5-2-7(5)8(12)9-10-6(3-11)4-13-9/h4-5,7,11H,2-3H2,1H3. The lowest BCUT2D eigenvalue weighted by molar-refractivity contribution is 0.0961. The van der Waals surface area contributed by atoms with Crippen LogP contribution in [-0.2, 0) is 6.61 Å². The molecule has 4 heteroatoms. The first kappa shape index (κ1) is 8.84. The molecule has 2 atom stereocenters. The summed E-state index contributed by atoms with van der Waals surface area (Å²) in [7, 11) is 0. The Balaban J connectivity index is 2.11. The smallest absolute Gasteiger partial charge is 0.194 e. The minimum Gasteiger partial charge on any atom is -0.390 e. The fraction of sp³-hybridized carbons (Fsp3) is 0.556. The highest BCUT2D eigenvalue weighted by Crippen LogP contribution is 2.40. The Morgan fingerprint density at radius 1 is 1.85 bits per heavy atom. The first-order chi connectivity index (χ1) is 6.22. The number of ketones is 1. The van der Waals surface area contributed by atoms with Crippen LogP contribution in [0.25, 0.3) is 0 Å². The Kier molecular flexibility index (Phi) is 2.17. The summed E-state index contributed by atoms with van der Waals surface area (Å²) in [6, 6.07) is 0. The van der Waals surface area contributed by atoms with Crippen LogP contribution in [0.2, 0.25) is 0 Å². The Morgan fingerprint density at radius 3 is 3.00 bits per heavy atom. The second-order valence-corrected chi connectivity index (χ2v) is 4.34. The summed E-state index contributed by atoms with van der Waals surface area (Å²) < 4.78 is 0. The lowest BCUT2D eigenvalue weighted by Gasteiger charge is -1.91. The van der Waals surface area contributed by atoms with Crippen molar-refractivity contribution in [1.29, 1.82) is 0 Å². The predicted octanol–water partition coefficient (Wildman–Crippen LogP) is 1.47. The van der Waals surface area contributed by atoms with Crippen LogP contribution in [0, 0.1) is 11.8 Å². The van der Waals surface area contributed by atoms with Gasteiger partial charge in [-0.25, -0.2) is 4.98 Å². The van der Waals surface area contributed by atoms with E-state index in [1.807, 2.05) is 0 Å². The summed E-state index contributed by atoms with van der Waals surface area (Å²) in [6.07, 6.45) is 0.993. The van der Waals surface area contributed by atoms with E-state index in [4.69, 9.17) is 5.11 Å². The van der Waals surface area contributed by atoms with Crippen molar-refractivity contribution in [3.63, 3.8) is 0 Å². The molecule has 0 aromatic carbocycles. The molecule has 2 rings (SSSR count). The quantitative estimate of drug-likeness (QED) is 0.746. The summed E-state index contributed by atoms with van der Waals surface area (Å²) in [5.74, 6) is 0.865. The number of carbonyl (C=O) groups is 1. The third-order valence-electron chi connectivity index (χ3n) is 2.37. The molecule has 0 spiro atoms. The maximum Gasteiger partial charge on any atom is 0.194 e. The van der Waals surface area contributed by atoms with Crippen molar-refractivity contribution < 1.29 is 9.90 Å². The maximum atomic E-state index is 11.6. The molecular formula is C9H11NO2S. The maximum absolute atomic E-state index is 11.6. The third-order valence-corrected chi connectivity index (χ3v) is 3.28. The molecule has 3 nitrogen and oxygen atoms in total. The molecule has 70 valence electrons. The summed E-state index contributed by atoms with van der Waals surface area (Å²) in [4.78, 5) is 15.7. The zero-order valence-electron chi connectivity index (χ0n) is 7.36. The summed E-state index contributed by atoms with van der Waals surface area (Å²) >= 11 is 1.33. The van der Waals surface area contributed by atoms with E-state index < -0.39 is 0 Å². The van der Waals surface area contributed by atoms with E-state index in [-0.39, 0.29) is 18.3 Å². The van der Waals surface area contributed by atoms with Gasteiger partial charge < -0.3 is 5.11 Å². The zero-order chi connectivity index (χ0) is 9.42. The second kappa shape index (κ2) is 3.20. The molecule has 1 aromatic rings. The molecule has 1 fully saturated rings. The summed E-state index contributed by atoms with van der Waals surface area (Å²) in [5.41, 5.74) is 0.599. The number of thiazole rings is 1. The Bertz CT molecular complexity index is 334. The van der Waals surface area contributed by atoms with Gasteiger partial charge in [0.1, 0.15) is 0 Å². The number of nitrogens with zero attached hydrogens (tertiary/aromatic N) is 1. The van der Waals surface area contributed by atoms with Gasteiger partial charge in [0.05, 0.1) is 12.3 Å². The molecule has 1 saturated carbocycles. The highest BCUT2D eigenvalue weighted by Gasteiger charge is 2.40. The van der Waals surface area contributed by atoms with Crippen LogP contribution in [0.5, 0.6) is 0 Å². The molecule has 2 unspecified atom stereocenters. The van der Waals surface area contributed by atoms with Crippen LogP contribution in [0.15, 0.2) is 5.38 Å². The zero-order valence-corrected chi connectivity index (χ0v) is 8.17. The number of carbonyl (C=O) groups excluding carboxylic acids is 1. The first-order valence-corrected chi connectivity index (χ1v) is 5.20. The average molecular weight is 197 g/mol. The van der Waals surface area contributed by atoms with Crippen LogP contribution < -0.4 is 0 Å². The number of Topliss-reactive ketones (excluding diaryl/α,β-unsaturated/α-hetero) is 1. The van der Waals surface area contributed by atoms with Gasteiger partial charge in [-0.15, -0.1) is 11.3 Å². The van der Waals surface area contributed by atoms with E-state index in [1.165, 1.54) is 11.3 Å². The molecule has 1 aromatic heterocycles. The van der Waals surface area contributed by atoms with Crippen LogP contribution in [-0.4, -0.2) is 15.9 Å². The van der Waals surface area contributed by atoms with Crippen LogP contribution >= 0.6 is 11.3 Å². The van der Waals surface area contributed by atoms with Crippen molar-refractivity contribution in [2.24, 2.45) is 11.8 Å². The third kappa shape index (κ3) is 1.64. The monoisotopic (exact) mass is 197 g/mol. The van der Waals surface area contributed by atoms with Crippen molar-refractivity contribution >= 4 is 17.1 Å².